The quantitative estimate of drug-likeness (QED) is 0.194. The Morgan fingerprint density at radius 1 is 0.722 bits per heavy atom. The van der Waals surface area contributed by atoms with Gasteiger partial charge < -0.3 is 16.0 Å². The molecule has 4 rings (SSSR count). The van der Waals surface area contributed by atoms with Gasteiger partial charge in [-0.25, -0.2) is 0 Å². The van der Waals surface area contributed by atoms with E-state index in [0.29, 0.717) is 22.5 Å². The fraction of sp³-hybridized carbons (Fsp3) is 0.0357. The van der Waals surface area contributed by atoms with Gasteiger partial charge in [0.25, 0.3) is 11.8 Å². The fourth-order valence-corrected chi connectivity index (χ4v) is 3.96. The average molecular weight is 559 g/mol. The van der Waals surface area contributed by atoms with Crippen LogP contribution in [0.5, 0.6) is 0 Å². The Bertz CT molecular complexity index is 1410. The summed E-state index contributed by atoms with van der Waals surface area (Å²) in [5.74, 6) is -0.655. The van der Waals surface area contributed by atoms with Gasteiger partial charge in [-0.3, -0.25) is 14.9 Å². The molecule has 4 aromatic carbocycles. The van der Waals surface area contributed by atoms with Crippen LogP contribution in [0.25, 0.3) is 0 Å². The smallest absolute Gasteiger partial charge is 0.257 e. The first-order valence-corrected chi connectivity index (χ1v) is 12.3. The van der Waals surface area contributed by atoms with Crippen LogP contribution in [0.15, 0.2) is 102 Å². The van der Waals surface area contributed by atoms with Crippen LogP contribution in [0.3, 0.4) is 0 Å². The molecule has 0 bridgehead atoms. The van der Waals surface area contributed by atoms with Crippen molar-refractivity contribution in [3.05, 3.63) is 118 Å². The summed E-state index contributed by atoms with van der Waals surface area (Å²) in [5.41, 5.74) is 4.89. The van der Waals surface area contributed by atoms with E-state index in [1.165, 1.54) is 0 Å². The summed E-state index contributed by atoms with van der Waals surface area (Å²) >= 11 is 8.75. The maximum Gasteiger partial charge on any atom is 0.257 e. The minimum atomic E-state index is -0.348. The number of carbonyl (C=O) groups is 2. The molecule has 0 aliphatic rings. The highest BCUT2D eigenvalue weighted by Crippen LogP contribution is 2.21. The number of hydrogen-bond acceptors (Lipinski definition) is 4. The molecule has 6 nitrogen and oxygen atoms in total. The van der Waals surface area contributed by atoms with Crippen molar-refractivity contribution in [3.63, 3.8) is 0 Å². The van der Waals surface area contributed by atoms with Crippen LogP contribution in [0, 0.1) is 6.92 Å². The second-order valence-corrected chi connectivity index (χ2v) is 9.20. The largest absolute Gasteiger partial charge is 0.356 e. The van der Waals surface area contributed by atoms with Crippen molar-refractivity contribution in [1.29, 1.82) is 0 Å². The molecule has 0 saturated carbocycles. The van der Waals surface area contributed by atoms with E-state index in [4.69, 9.17) is 12.2 Å². The van der Waals surface area contributed by atoms with Crippen LogP contribution in [-0.4, -0.2) is 16.9 Å². The Labute approximate surface area is 223 Å². The average Bonchev–Trinajstić information content (AvgIpc) is 2.87. The second-order valence-electron chi connectivity index (χ2n) is 7.94. The van der Waals surface area contributed by atoms with Crippen molar-refractivity contribution in [2.24, 2.45) is 0 Å². The van der Waals surface area contributed by atoms with Gasteiger partial charge in [-0.2, -0.15) is 0 Å². The van der Waals surface area contributed by atoms with E-state index >= 15 is 0 Å². The molecule has 0 heterocycles. The topological polar surface area (TPSA) is 82.3 Å². The Hall–Kier alpha value is -4.01. The highest BCUT2D eigenvalue weighted by atomic mass is 79.9. The van der Waals surface area contributed by atoms with Gasteiger partial charge in [0.15, 0.2) is 5.11 Å². The van der Waals surface area contributed by atoms with Gasteiger partial charge in [0.1, 0.15) is 0 Å². The molecule has 0 atom stereocenters. The van der Waals surface area contributed by atoms with E-state index in [-0.39, 0.29) is 16.9 Å². The second kappa shape index (κ2) is 11.6. The summed E-state index contributed by atoms with van der Waals surface area (Å²) in [5, 5.41) is 11.9. The van der Waals surface area contributed by atoms with Crippen LogP contribution in [0.1, 0.15) is 26.3 Å². The SMILES string of the molecule is Cc1ccc(C(=O)NC(=S)Nc2ccccc2C(=O)Nc2ccc(Nc3ccccc3)cc2)cc1Br. The number of carbonyl (C=O) groups excluding carboxylic acids is 2. The number of halogens is 1. The lowest BCUT2D eigenvalue weighted by Crippen LogP contribution is -2.34. The predicted molar refractivity (Wildman–Crippen MR) is 153 cm³/mol. The zero-order chi connectivity index (χ0) is 25.5. The summed E-state index contributed by atoms with van der Waals surface area (Å²) in [6.45, 7) is 1.94. The maximum atomic E-state index is 13.0. The molecule has 8 heteroatoms. The fourth-order valence-electron chi connectivity index (χ4n) is 3.38. The van der Waals surface area contributed by atoms with E-state index in [1.54, 1.807) is 36.4 Å². The highest BCUT2D eigenvalue weighted by molar-refractivity contribution is 9.10. The van der Waals surface area contributed by atoms with Crippen LogP contribution in [0.4, 0.5) is 22.7 Å². The van der Waals surface area contributed by atoms with Gasteiger partial charge in [0.05, 0.1) is 11.3 Å². The predicted octanol–water partition coefficient (Wildman–Crippen LogP) is 6.88. The number of amides is 2. The number of para-hydroxylation sites is 2. The Kier molecular flexibility index (Phi) is 8.10. The summed E-state index contributed by atoms with van der Waals surface area (Å²) in [4.78, 5) is 25.6. The summed E-state index contributed by atoms with van der Waals surface area (Å²) < 4.78 is 0.833. The lowest BCUT2D eigenvalue weighted by molar-refractivity contribution is 0.0976. The number of nitrogens with one attached hydrogen (secondary N) is 4. The summed E-state index contributed by atoms with van der Waals surface area (Å²) in [6, 6.07) is 29.5. The highest BCUT2D eigenvalue weighted by Gasteiger charge is 2.14. The van der Waals surface area contributed by atoms with Gasteiger partial charge in [-0.1, -0.05) is 52.3 Å². The Balaban J connectivity index is 1.39. The molecule has 0 unspecified atom stereocenters. The Morgan fingerprint density at radius 3 is 2.08 bits per heavy atom. The first-order valence-electron chi connectivity index (χ1n) is 11.1. The molecule has 0 radical (unpaired) electrons. The number of anilines is 4. The molecule has 0 spiro atoms. The van der Waals surface area contributed by atoms with Gasteiger partial charge in [-0.05, 0) is 85.4 Å². The van der Waals surface area contributed by atoms with Crippen LogP contribution < -0.4 is 21.3 Å². The minimum absolute atomic E-state index is 0.0910. The first-order chi connectivity index (χ1) is 17.4. The Morgan fingerprint density at radius 2 is 1.36 bits per heavy atom. The molecule has 0 fully saturated rings. The van der Waals surface area contributed by atoms with Crippen molar-refractivity contribution in [2.75, 3.05) is 16.0 Å². The number of aryl methyl sites for hydroxylation is 1. The number of thiocarbonyl (C=S) groups is 1. The normalized spacial score (nSPS) is 10.3. The number of hydrogen-bond donors (Lipinski definition) is 4. The minimum Gasteiger partial charge on any atom is -0.356 e. The molecular formula is C28H23BrN4O2S. The van der Waals surface area contributed by atoms with Gasteiger partial charge in [0, 0.05) is 27.1 Å². The lowest BCUT2D eigenvalue weighted by Gasteiger charge is -2.14. The number of benzene rings is 4. The monoisotopic (exact) mass is 558 g/mol. The molecule has 0 aliphatic heterocycles. The van der Waals surface area contributed by atoms with Crippen molar-refractivity contribution >= 4 is 67.8 Å². The van der Waals surface area contributed by atoms with E-state index in [2.05, 4.69) is 37.2 Å². The van der Waals surface area contributed by atoms with E-state index in [0.717, 1.165) is 21.4 Å². The third-order valence-corrected chi connectivity index (χ3v) is 6.34. The molecule has 4 aromatic rings. The van der Waals surface area contributed by atoms with Gasteiger partial charge in [-0.15, -0.1) is 0 Å². The first kappa shape index (κ1) is 25.1. The third kappa shape index (κ3) is 6.56. The van der Waals surface area contributed by atoms with Gasteiger partial charge in [0.2, 0.25) is 0 Å². The molecule has 0 aromatic heterocycles. The van der Waals surface area contributed by atoms with Crippen molar-refractivity contribution in [3.8, 4) is 0 Å². The van der Waals surface area contributed by atoms with Crippen LogP contribution >= 0.6 is 28.1 Å². The summed E-state index contributed by atoms with van der Waals surface area (Å²) in [6.07, 6.45) is 0. The van der Waals surface area contributed by atoms with E-state index in [9.17, 15) is 9.59 Å². The van der Waals surface area contributed by atoms with E-state index in [1.807, 2.05) is 67.6 Å². The van der Waals surface area contributed by atoms with Crippen LogP contribution in [0.2, 0.25) is 0 Å². The third-order valence-electron chi connectivity index (χ3n) is 5.29. The van der Waals surface area contributed by atoms with Crippen molar-refractivity contribution in [1.82, 2.24) is 5.32 Å². The molecule has 180 valence electrons. The zero-order valence-corrected chi connectivity index (χ0v) is 21.7. The van der Waals surface area contributed by atoms with Crippen LogP contribution in [-0.2, 0) is 0 Å². The zero-order valence-electron chi connectivity index (χ0n) is 19.3. The van der Waals surface area contributed by atoms with Crippen molar-refractivity contribution < 1.29 is 9.59 Å². The maximum absolute atomic E-state index is 13.0. The molecule has 0 aliphatic carbocycles. The summed E-state index contributed by atoms with van der Waals surface area (Å²) in [7, 11) is 0. The van der Waals surface area contributed by atoms with Gasteiger partial charge >= 0.3 is 0 Å². The standard InChI is InChI=1S/C28H23BrN4O2S/c1-18-11-12-19(17-24(18)29)26(34)33-28(36)32-25-10-6-5-9-23(25)27(35)31-22-15-13-21(14-16-22)30-20-7-3-2-4-8-20/h2-17,30H,1H3,(H,31,35)(H2,32,33,34,36). The lowest BCUT2D eigenvalue weighted by atomic mass is 10.1. The van der Waals surface area contributed by atoms with Crippen molar-refractivity contribution in [2.45, 2.75) is 6.92 Å². The molecule has 4 N–H and O–H groups in total. The molecule has 0 saturated heterocycles. The number of rotatable bonds is 6. The molecule has 36 heavy (non-hydrogen) atoms. The molecule has 2 amide bonds. The molecular weight excluding hydrogens is 536 g/mol. The van der Waals surface area contributed by atoms with E-state index < -0.39 is 0 Å².